The van der Waals surface area contributed by atoms with Crippen molar-refractivity contribution in [3.63, 3.8) is 0 Å². The summed E-state index contributed by atoms with van der Waals surface area (Å²) in [5.74, 6) is 0.795. The number of carbonyl (C=O) groups is 1. The lowest BCUT2D eigenvalue weighted by molar-refractivity contribution is 0.0759. The first-order chi connectivity index (χ1) is 9.61. The van der Waals surface area contributed by atoms with Crippen molar-refractivity contribution in [2.75, 3.05) is 13.1 Å². The van der Waals surface area contributed by atoms with Crippen molar-refractivity contribution in [3.8, 4) is 0 Å². The second-order valence-electron chi connectivity index (χ2n) is 5.68. The molecular formula is C16H23ClN2O. The molecule has 0 radical (unpaired) electrons. The van der Waals surface area contributed by atoms with Gasteiger partial charge in [0.2, 0.25) is 0 Å². The van der Waals surface area contributed by atoms with E-state index in [1.165, 1.54) is 19.3 Å². The average Bonchev–Trinajstić information content (AvgIpc) is 2.64. The Labute approximate surface area is 126 Å². The lowest BCUT2D eigenvalue weighted by Crippen LogP contribution is -2.32. The van der Waals surface area contributed by atoms with Crippen LogP contribution in [0.1, 0.15) is 55.1 Å². The summed E-state index contributed by atoms with van der Waals surface area (Å²) in [7, 11) is 0. The molecule has 0 N–H and O–H groups in total. The fourth-order valence-electron chi connectivity index (χ4n) is 2.92. The van der Waals surface area contributed by atoms with Crippen molar-refractivity contribution in [2.45, 2.75) is 46.0 Å². The van der Waals surface area contributed by atoms with Gasteiger partial charge in [-0.2, -0.15) is 0 Å². The number of nitrogens with zero attached hydrogens (tertiary/aromatic N) is 2. The van der Waals surface area contributed by atoms with Crippen LogP contribution < -0.4 is 0 Å². The quantitative estimate of drug-likeness (QED) is 0.841. The van der Waals surface area contributed by atoms with E-state index in [0.717, 1.165) is 37.5 Å². The lowest BCUT2D eigenvalue weighted by Gasteiger charge is -2.21. The van der Waals surface area contributed by atoms with Crippen LogP contribution in [-0.2, 0) is 0 Å². The van der Waals surface area contributed by atoms with Crippen LogP contribution in [0.4, 0.5) is 0 Å². The fraction of sp³-hybridized carbons (Fsp3) is 0.625. The molecule has 0 aliphatic carbocycles. The van der Waals surface area contributed by atoms with Gasteiger partial charge < -0.3 is 4.90 Å². The summed E-state index contributed by atoms with van der Waals surface area (Å²) in [6.07, 6.45) is 7.54. The van der Waals surface area contributed by atoms with E-state index < -0.39 is 0 Å². The Hall–Kier alpha value is -1.09. The highest BCUT2D eigenvalue weighted by atomic mass is 35.5. The Morgan fingerprint density at radius 2 is 2.25 bits per heavy atom. The van der Waals surface area contributed by atoms with E-state index in [0.29, 0.717) is 10.6 Å². The molecule has 0 aromatic carbocycles. The van der Waals surface area contributed by atoms with Crippen LogP contribution in [0.25, 0.3) is 0 Å². The van der Waals surface area contributed by atoms with Crippen LogP contribution >= 0.6 is 11.6 Å². The van der Waals surface area contributed by atoms with Gasteiger partial charge in [0.1, 0.15) is 0 Å². The van der Waals surface area contributed by atoms with E-state index in [9.17, 15) is 4.79 Å². The van der Waals surface area contributed by atoms with Crippen LogP contribution in [-0.4, -0.2) is 28.9 Å². The zero-order valence-corrected chi connectivity index (χ0v) is 13.1. The summed E-state index contributed by atoms with van der Waals surface area (Å²) < 4.78 is 0. The number of likely N-dealkylation sites (tertiary alicyclic amines) is 1. The standard InChI is InChI=1S/C16H23ClN2O/c1-3-5-13-6-4-8-19(9-7-13)16(20)14-11-18-12(2)10-15(14)17/h10-11,13H,3-9H2,1-2H3. The minimum atomic E-state index is 0.0275. The van der Waals surface area contributed by atoms with E-state index in [1.54, 1.807) is 12.3 Å². The molecule has 0 spiro atoms. The maximum atomic E-state index is 12.6. The topological polar surface area (TPSA) is 33.2 Å². The third kappa shape index (κ3) is 3.72. The van der Waals surface area contributed by atoms with Crippen LogP contribution in [0, 0.1) is 12.8 Å². The number of pyridine rings is 1. The normalized spacial score (nSPS) is 19.8. The Bertz CT molecular complexity index is 476. The van der Waals surface area contributed by atoms with E-state index in [2.05, 4.69) is 11.9 Å². The van der Waals surface area contributed by atoms with Gasteiger partial charge in [-0.15, -0.1) is 0 Å². The van der Waals surface area contributed by atoms with Crippen molar-refractivity contribution < 1.29 is 4.79 Å². The Kier molecular flexibility index (Phi) is 5.41. The number of amides is 1. The molecule has 1 saturated heterocycles. The molecule has 1 fully saturated rings. The molecule has 0 saturated carbocycles. The molecule has 1 aromatic rings. The molecule has 20 heavy (non-hydrogen) atoms. The largest absolute Gasteiger partial charge is 0.339 e. The zero-order valence-electron chi connectivity index (χ0n) is 12.4. The maximum Gasteiger partial charge on any atom is 0.256 e. The maximum absolute atomic E-state index is 12.6. The highest BCUT2D eigenvalue weighted by Gasteiger charge is 2.22. The molecule has 1 atom stereocenters. The van der Waals surface area contributed by atoms with Gasteiger partial charge in [-0.05, 0) is 38.2 Å². The van der Waals surface area contributed by atoms with E-state index in [1.807, 2.05) is 11.8 Å². The Morgan fingerprint density at radius 3 is 2.95 bits per heavy atom. The predicted octanol–water partition coefficient (Wildman–Crippen LogP) is 4.09. The van der Waals surface area contributed by atoms with Gasteiger partial charge in [0.25, 0.3) is 5.91 Å². The number of hydrogen-bond donors (Lipinski definition) is 0. The summed E-state index contributed by atoms with van der Waals surface area (Å²) in [6.45, 7) is 5.78. The van der Waals surface area contributed by atoms with E-state index in [-0.39, 0.29) is 5.91 Å². The highest BCUT2D eigenvalue weighted by molar-refractivity contribution is 6.33. The van der Waals surface area contributed by atoms with Gasteiger partial charge in [-0.25, -0.2) is 0 Å². The Balaban J connectivity index is 2.05. The summed E-state index contributed by atoms with van der Waals surface area (Å²) in [4.78, 5) is 18.7. The molecule has 1 amide bonds. The van der Waals surface area contributed by atoms with E-state index >= 15 is 0 Å². The molecule has 1 aliphatic heterocycles. The van der Waals surface area contributed by atoms with Crippen LogP contribution in [0.2, 0.25) is 5.02 Å². The highest BCUT2D eigenvalue weighted by Crippen LogP contribution is 2.24. The van der Waals surface area contributed by atoms with Crippen molar-refractivity contribution >= 4 is 17.5 Å². The van der Waals surface area contributed by atoms with Gasteiger partial charge in [-0.3, -0.25) is 9.78 Å². The number of hydrogen-bond acceptors (Lipinski definition) is 2. The Morgan fingerprint density at radius 1 is 1.45 bits per heavy atom. The lowest BCUT2D eigenvalue weighted by atomic mass is 9.96. The van der Waals surface area contributed by atoms with Gasteiger partial charge in [0.05, 0.1) is 10.6 Å². The molecule has 1 unspecified atom stereocenters. The molecule has 2 heterocycles. The number of aryl methyl sites for hydroxylation is 1. The average molecular weight is 295 g/mol. The molecule has 0 bridgehead atoms. The van der Waals surface area contributed by atoms with E-state index in [4.69, 9.17) is 11.6 Å². The summed E-state index contributed by atoms with van der Waals surface area (Å²) in [5.41, 5.74) is 1.37. The summed E-state index contributed by atoms with van der Waals surface area (Å²) in [6, 6.07) is 1.76. The number of halogens is 1. The van der Waals surface area contributed by atoms with Crippen molar-refractivity contribution in [1.82, 2.24) is 9.88 Å². The van der Waals surface area contributed by atoms with Crippen molar-refractivity contribution in [1.29, 1.82) is 0 Å². The van der Waals surface area contributed by atoms with Crippen LogP contribution in [0.5, 0.6) is 0 Å². The number of carbonyl (C=O) groups excluding carboxylic acids is 1. The van der Waals surface area contributed by atoms with Gasteiger partial charge >= 0.3 is 0 Å². The number of aromatic nitrogens is 1. The minimum absolute atomic E-state index is 0.0275. The van der Waals surface area contributed by atoms with Crippen molar-refractivity contribution in [2.24, 2.45) is 5.92 Å². The molecule has 3 nitrogen and oxygen atoms in total. The first kappa shape index (κ1) is 15.3. The smallest absolute Gasteiger partial charge is 0.256 e. The molecule has 110 valence electrons. The first-order valence-electron chi connectivity index (χ1n) is 7.53. The van der Waals surface area contributed by atoms with Crippen LogP contribution in [0.15, 0.2) is 12.3 Å². The SMILES string of the molecule is CCCC1CCCN(C(=O)c2cnc(C)cc2Cl)CC1. The third-order valence-corrected chi connectivity index (χ3v) is 4.37. The minimum Gasteiger partial charge on any atom is -0.339 e. The predicted molar refractivity (Wildman–Crippen MR) is 82.1 cm³/mol. The molecular weight excluding hydrogens is 272 g/mol. The molecule has 4 heteroatoms. The van der Waals surface area contributed by atoms with Crippen molar-refractivity contribution in [3.05, 3.63) is 28.5 Å². The molecule has 1 aliphatic rings. The van der Waals surface area contributed by atoms with Gasteiger partial charge in [0.15, 0.2) is 0 Å². The molecule has 2 rings (SSSR count). The second-order valence-corrected chi connectivity index (χ2v) is 6.09. The third-order valence-electron chi connectivity index (χ3n) is 4.05. The first-order valence-corrected chi connectivity index (χ1v) is 7.91. The second kappa shape index (κ2) is 7.07. The monoisotopic (exact) mass is 294 g/mol. The van der Waals surface area contributed by atoms with Crippen LogP contribution in [0.3, 0.4) is 0 Å². The van der Waals surface area contributed by atoms with Gasteiger partial charge in [0, 0.05) is 25.0 Å². The fourth-order valence-corrected chi connectivity index (χ4v) is 3.21. The summed E-state index contributed by atoms with van der Waals surface area (Å²) >= 11 is 6.18. The van der Waals surface area contributed by atoms with Gasteiger partial charge in [-0.1, -0.05) is 31.4 Å². The summed E-state index contributed by atoms with van der Waals surface area (Å²) in [5, 5.41) is 0.511. The zero-order chi connectivity index (χ0) is 14.5. The molecule has 1 aromatic heterocycles. The number of rotatable bonds is 3.